The first-order valence-corrected chi connectivity index (χ1v) is 24.2. The summed E-state index contributed by atoms with van der Waals surface area (Å²) >= 11 is 0. The summed E-state index contributed by atoms with van der Waals surface area (Å²) in [5, 5.41) is 86.5. The molecule has 0 aliphatic carbocycles. The summed E-state index contributed by atoms with van der Waals surface area (Å²) < 4.78 is 22.6. The summed E-state index contributed by atoms with van der Waals surface area (Å²) in [6.07, 6.45) is 28.1. The fourth-order valence-electron chi connectivity index (χ4n) is 7.33. The van der Waals surface area contributed by atoms with Crippen molar-refractivity contribution in [3.63, 3.8) is 0 Å². The van der Waals surface area contributed by atoms with Crippen LogP contribution in [0.25, 0.3) is 0 Å². The maximum Gasteiger partial charge on any atom is 0.220 e. The zero-order valence-corrected chi connectivity index (χ0v) is 38.7. The predicted molar refractivity (Wildman–Crippen MR) is 249 cm³/mol. The summed E-state index contributed by atoms with van der Waals surface area (Å²) in [5.74, 6) is -0.273. The van der Waals surface area contributed by atoms with Crippen molar-refractivity contribution >= 4 is 5.91 Å². The molecule has 0 aromatic rings. The first-order chi connectivity index (χ1) is 31.1. The highest BCUT2D eigenvalue weighted by molar-refractivity contribution is 5.76. The van der Waals surface area contributed by atoms with E-state index in [2.05, 4.69) is 79.9 Å². The summed E-state index contributed by atoms with van der Waals surface area (Å²) in [5.41, 5.74) is 0. The minimum Gasteiger partial charge on any atom is -0.394 e. The Kier molecular flexibility index (Phi) is 32.9. The van der Waals surface area contributed by atoms with Crippen LogP contribution in [-0.2, 0) is 23.7 Å². The molecule has 64 heavy (non-hydrogen) atoms. The minimum absolute atomic E-state index is 0.251. The molecule has 9 N–H and O–H groups in total. The Morgan fingerprint density at radius 3 is 1.69 bits per heavy atom. The van der Waals surface area contributed by atoms with E-state index < -0.39 is 86.8 Å². The van der Waals surface area contributed by atoms with Crippen molar-refractivity contribution in [1.82, 2.24) is 5.32 Å². The first kappa shape index (κ1) is 57.6. The van der Waals surface area contributed by atoms with E-state index in [0.29, 0.717) is 12.8 Å². The molecule has 2 rings (SSSR count). The normalized spacial score (nSPS) is 27.9. The van der Waals surface area contributed by atoms with E-state index in [9.17, 15) is 45.6 Å². The van der Waals surface area contributed by atoms with Crippen LogP contribution in [-0.4, -0.2) is 140 Å². The molecule has 2 heterocycles. The van der Waals surface area contributed by atoms with Crippen molar-refractivity contribution < 1.29 is 64.6 Å². The molecule has 0 radical (unpaired) electrons. The van der Waals surface area contributed by atoms with E-state index in [1.807, 2.05) is 6.08 Å². The van der Waals surface area contributed by atoms with Gasteiger partial charge in [0.2, 0.25) is 5.91 Å². The highest BCUT2D eigenvalue weighted by Crippen LogP contribution is 2.30. The molecule has 0 bridgehead atoms. The smallest absolute Gasteiger partial charge is 0.220 e. The van der Waals surface area contributed by atoms with Gasteiger partial charge in [-0.2, -0.15) is 0 Å². The third-order valence-corrected chi connectivity index (χ3v) is 11.3. The zero-order valence-electron chi connectivity index (χ0n) is 38.7. The number of aliphatic hydroxyl groups excluding tert-OH is 8. The van der Waals surface area contributed by atoms with Crippen LogP contribution in [0.4, 0.5) is 0 Å². The van der Waals surface area contributed by atoms with Crippen molar-refractivity contribution in [1.29, 1.82) is 0 Å². The number of carbonyl (C=O) groups excluding carboxylic acids is 1. The Bertz CT molecular complexity index is 1350. The number of nitrogens with one attached hydrogen (secondary N) is 1. The van der Waals surface area contributed by atoms with Crippen LogP contribution >= 0.6 is 0 Å². The topological polar surface area (TPSA) is 228 Å². The molecule has 2 aliphatic rings. The van der Waals surface area contributed by atoms with E-state index in [1.165, 1.54) is 25.7 Å². The number of unbranched alkanes of at least 4 members (excludes halogenated alkanes) is 12. The van der Waals surface area contributed by atoms with Gasteiger partial charge in [0.25, 0.3) is 0 Å². The number of carbonyl (C=O) groups is 1. The largest absolute Gasteiger partial charge is 0.394 e. The Labute approximate surface area is 383 Å². The second-order valence-electron chi connectivity index (χ2n) is 16.9. The SMILES string of the molecule is CCC/C=C/CC/C=C/CC/C=C/C(O)C(COC1OC(CO)C(OC2OC(CO)C(O)C(O)C2O)C(O)C1O)NC(=O)CCCCCCCC/C=C\C/C=C\C/C=C\CCCCC. The highest BCUT2D eigenvalue weighted by Gasteiger charge is 2.51. The fourth-order valence-corrected chi connectivity index (χ4v) is 7.33. The molecule has 12 atom stereocenters. The lowest BCUT2D eigenvalue weighted by Gasteiger charge is -2.46. The molecule has 0 aromatic carbocycles. The molecule has 2 fully saturated rings. The van der Waals surface area contributed by atoms with Crippen molar-refractivity contribution in [2.75, 3.05) is 19.8 Å². The van der Waals surface area contributed by atoms with Gasteiger partial charge in [-0.15, -0.1) is 0 Å². The Hall–Kier alpha value is -2.57. The number of rotatable bonds is 35. The van der Waals surface area contributed by atoms with Gasteiger partial charge in [-0.25, -0.2) is 0 Å². The van der Waals surface area contributed by atoms with Gasteiger partial charge >= 0.3 is 0 Å². The molecule has 14 nitrogen and oxygen atoms in total. The van der Waals surface area contributed by atoms with E-state index in [4.69, 9.17) is 18.9 Å². The van der Waals surface area contributed by atoms with Gasteiger partial charge in [0.1, 0.15) is 48.8 Å². The molecule has 14 heteroatoms. The van der Waals surface area contributed by atoms with Crippen LogP contribution in [0.2, 0.25) is 0 Å². The number of hydrogen-bond acceptors (Lipinski definition) is 13. The van der Waals surface area contributed by atoms with Crippen molar-refractivity contribution in [2.45, 2.75) is 216 Å². The second-order valence-corrected chi connectivity index (χ2v) is 16.9. The lowest BCUT2D eigenvalue weighted by molar-refractivity contribution is -0.359. The number of aliphatic hydroxyl groups is 8. The van der Waals surface area contributed by atoms with Crippen molar-refractivity contribution in [2.24, 2.45) is 0 Å². The van der Waals surface area contributed by atoms with E-state index >= 15 is 0 Å². The maximum atomic E-state index is 13.1. The second kappa shape index (κ2) is 36.5. The fraction of sp³-hybridized carbons (Fsp3) is 0.740. The average Bonchev–Trinajstić information content (AvgIpc) is 3.29. The van der Waals surface area contributed by atoms with Gasteiger partial charge in [0.05, 0.1) is 32.0 Å². The van der Waals surface area contributed by atoms with Crippen LogP contribution in [0.15, 0.2) is 72.9 Å². The third kappa shape index (κ3) is 23.7. The summed E-state index contributed by atoms with van der Waals surface area (Å²) in [7, 11) is 0. The van der Waals surface area contributed by atoms with Crippen LogP contribution in [0.1, 0.15) is 142 Å². The number of hydrogen-bond donors (Lipinski definition) is 9. The van der Waals surface area contributed by atoms with Crippen LogP contribution in [0, 0.1) is 0 Å². The standard InChI is InChI=1S/C50H85NO13/c1-3-5-7-9-11-13-15-16-17-18-19-20-21-22-24-26-28-30-32-34-42(55)51-38(39(54)33-31-29-27-25-23-14-12-10-8-6-4-2)37-61-49-47(60)45(58)48(41(36-53)63-49)64-50-46(59)44(57)43(56)40(35-52)62-50/h8,10-11,13,16-17,19-20,23,25,31,33,38-41,43-50,52-54,56-60H,3-7,9,12,14-15,18,21-22,24,26-30,32,34-37H2,1-2H3,(H,51,55)/b10-8+,13-11-,17-16-,20-19-,25-23+,33-31+. The number of amides is 1. The monoisotopic (exact) mass is 908 g/mol. The van der Waals surface area contributed by atoms with Crippen molar-refractivity contribution in [3.05, 3.63) is 72.9 Å². The van der Waals surface area contributed by atoms with Gasteiger partial charge in [-0.05, 0) is 77.0 Å². The quantitative estimate of drug-likeness (QED) is 0.0277. The van der Waals surface area contributed by atoms with Crippen LogP contribution in [0.3, 0.4) is 0 Å². The third-order valence-electron chi connectivity index (χ3n) is 11.3. The maximum absolute atomic E-state index is 13.1. The Morgan fingerprint density at radius 1 is 0.562 bits per heavy atom. The van der Waals surface area contributed by atoms with Gasteiger partial charge in [0.15, 0.2) is 12.6 Å². The molecular formula is C50H85NO13. The van der Waals surface area contributed by atoms with Gasteiger partial charge in [0, 0.05) is 6.42 Å². The molecule has 0 saturated carbocycles. The predicted octanol–water partition coefficient (Wildman–Crippen LogP) is 5.65. The molecule has 0 aromatic heterocycles. The number of allylic oxidation sites excluding steroid dienone is 11. The molecule has 12 unspecified atom stereocenters. The van der Waals surface area contributed by atoms with Gasteiger partial charge in [-0.3, -0.25) is 4.79 Å². The minimum atomic E-state index is -1.80. The first-order valence-electron chi connectivity index (χ1n) is 24.2. The van der Waals surface area contributed by atoms with Crippen LogP contribution in [0.5, 0.6) is 0 Å². The Morgan fingerprint density at radius 2 is 1.08 bits per heavy atom. The summed E-state index contributed by atoms with van der Waals surface area (Å²) in [6.45, 7) is 2.61. The van der Waals surface area contributed by atoms with Gasteiger partial charge in [-0.1, -0.05) is 132 Å². The van der Waals surface area contributed by atoms with Gasteiger partial charge < -0.3 is 65.1 Å². The lowest BCUT2D eigenvalue weighted by atomic mass is 9.97. The summed E-state index contributed by atoms with van der Waals surface area (Å²) in [6, 6.07) is -0.946. The molecule has 2 saturated heterocycles. The molecular weight excluding hydrogens is 823 g/mol. The lowest BCUT2D eigenvalue weighted by Crippen LogP contribution is -2.65. The molecule has 1 amide bonds. The van der Waals surface area contributed by atoms with Crippen molar-refractivity contribution in [3.8, 4) is 0 Å². The molecule has 2 aliphatic heterocycles. The number of ether oxygens (including phenoxy) is 4. The molecule has 368 valence electrons. The van der Waals surface area contributed by atoms with E-state index in [-0.39, 0.29) is 18.9 Å². The average molecular weight is 908 g/mol. The Balaban J connectivity index is 1.87. The van der Waals surface area contributed by atoms with E-state index in [1.54, 1.807) is 6.08 Å². The summed E-state index contributed by atoms with van der Waals surface area (Å²) in [4.78, 5) is 13.1. The highest BCUT2D eigenvalue weighted by atomic mass is 16.7. The van der Waals surface area contributed by atoms with Crippen LogP contribution < -0.4 is 5.32 Å². The van der Waals surface area contributed by atoms with E-state index in [0.717, 1.165) is 83.5 Å². The zero-order chi connectivity index (χ0) is 46.8. The molecule has 0 spiro atoms.